The Morgan fingerprint density at radius 2 is 0.722 bits per heavy atom. The van der Waals surface area contributed by atoms with Crippen molar-refractivity contribution < 1.29 is 0 Å². The summed E-state index contributed by atoms with van der Waals surface area (Å²) in [6.45, 7) is 6.70. The SMILES string of the molecule is Cc1ccccc1-c1ccccc1C(c1ccccc1-c1ccccc1C)c1ccc(-c2ccc(N(c3ccccc3)c3ccc4c(c3)c3ccccc3n4-c3ccccc3)cc2)cc1-c1ccccc1C. The van der Waals surface area contributed by atoms with Crippen LogP contribution in [-0.2, 0) is 0 Å². The minimum Gasteiger partial charge on any atom is -0.310 e. The molecule has 0 aliphatic carbocycles. The van der Waals surface area contributed by atoms with E-state index in [9.17, 15) is 0 Å². The lowest BCUT2D eigenvalue weighted by molar-refractivity contribution is 0.983. The Hall–Kier alpha value is -8.98. The third kappa shape index (κ3) is 8.07. The number of para-hydroxylation sites is 3. The van der Waals surface area contributed by atoms with Gasteiger partial charge < -0.3 is 9.47 Å². The number of rotatable bonds is 11. The van der Waals surface area contributed by atoms with Gasteiger partial charge in [-0.2, -0.15) is 0 Å². The van der Waals surface area contributed by atoms with Crippen LogP contribution in [0.3, 0.4) is 0 Å². The highest BCUT2D eigenvalue weighted by Crippen LogP contribution is 2.48. The topological polar surface area (TPSA) is 8.17 Å². The lowest BCUT2D eigenvalue weighted by Gasteiger charge is -2.28. The van der Waals surface area contributed by atoms with Gasteiger partial charge in [-0.1, -0.05) is 200 Å². The molecule has 2 heteroatoms. The third-order valence-electron chi connectivity index (χ3n) is 14.6. The molecule has 0 radical (unpaired) electrons. The van der Waals surface area contributed by atoms with Gasteiger partial charge in [-0.05, 0) is 165 Å². The van der Waals surface area contributed by atoms with Gasteiger partial charge in [0, 0.05) is 39.4 Å². The number of hydrogen-bond donors (Lipinski definition) is 0. The highest BCUT2D eigenvalue weighted by Gasteiger charge is 2.28. The second-order valence-electron chi connectivity index (χ2n) is 19.0. The fourth-order valence-corrected chi connectivity index (χ4v) is 11.1. The smallest absolute Gasteiger partial charge is 0.0542 e. The Morgan fingerprint density at radius 1 is 0.292 bits per heavy atom. The molecule has 2 nitrogen and oxygen atoms in total. The molecule has 0 spiro atoms. The van der Waals surface area contributed by atoms with Gasteiger partial charge in [-0.15, -0.1) is 0 Å². The van der Waals surface area contributed by atoms with Crippen molar-refractivity contribution in [1.82, 2.24) is 4.57 Å². The van der Waals surface area contributed by atoms with Crippen molar-refractivity contribution >= 4 is 38.9 Å². The fraction of sp³-hybridized carbons (Fsp3) is 0.0571. The normalized spacial score (nSPS) is 11.4. The van der Waals surface area contributed by atoms with E-state index in [1.807, 2.05) is 0 Å². The van der Waals surface area contributed by atoms with Gasteiger partial charge in [0.05, 0.1) is 11.0 Å². The molecule has 0 aliphatic heterocycles. The van der Waals surface area contributed by atoms with Crippen molar-refractivity contribution in [2.45, 2.75) is 26.7 Å². The molecule has 12 rings (SSSR count). The van der Waals surface area contributed by atoms with Crippen LogP contribution in [0, 0.1) is 20.8 Å². The summed E-state index contributed by atoms with van der Waals surface area (Å²) < 4.78 is 2.38. The molecule has 0 saturated heterocycles. The Labute approximate surface area is 423 Å². The molecule has 11 aromatic carbocycles. The van der Waals surface area contributed by atoms with E-state index in [-0.39, 0.29) is 5.92 Å². The first-order valence-corrected chi connectivity index (χ1v) is 25.0. The Bertz CT molecular complexity index is 3810. The number of anilines is 3. The lowest BCUT2D eigenvalue weighted by atomic mass is 9.75. The maximum atomic E-state index is 2.44. The molecule has 0 fully saturated rings. The van der Waals surface area contributed by atoms with Crippen LogP contribution in [0.2, 0.25) is 0 Å². The highest BCUT2D eigenvalue weighted by molar-refractivity contribution is 6.10. The van der Waals surface area contributed by atoms with Crippen LogP contribution in [0.4, 0.5) is 17.1 Å². The number of benzene rings is 11. The van der Waals surface area contributed by atoms with E-state index in [2.05, 4.69) is 297 Å². The molecule has 0 bridgehead atoms. The lowest BCUT2D eigenvalue weighted by Crippen LogP contribution is -2.10. The summed E-state index contributed by atoms with van der Waals surface area (Å²) in [4.78, 5) is 2.38. The van der Waals surface area contributed by atoms with Crippen LogP contribution in [0.1, 0.15) is 39.3 Å². The fourth-order valence-electron chi connectivity index (χ4n) is 11.1. The maximum absolute atomic E-state index is 2.44. The van der Waals surface area contributed by atoms with Crippen LogP contribution >= 0.6 is 0 Å². The first-order chi connectivity index (χ1) is 35.5. The van der Waals surface area contributed by atoms with Crippen molar-refractivity contribution in [1.29, 1.82) is 0 Å². The quantitative estimate of drug-likeness (QED) is 0.117. The van der Waals surface area contributed by atoms with Gasteiger partial charge in [0.25, 0.3) is 0 Å². The zero-order valence-electron chi connectivity index (χ0n) is 40.9. The predicted molar refractivity (Wildman–Crippen MR) is 305 cm³/mol. The minimum absolute atomic E-state index is 0.0962. The van der Waals surface area contributed by atoms with Gasteiger partial charge in [0.15, 0.2) is 0 Å². The summed E-state index contributed by atoms with van der Waals surface area (Å²) in [6, 6.07) is 98.0. The van der Waals surface area contributed by atoms with Gasteiger partial charge in [0.2, 0.25) is 0 Å². The summed E-state index contributed by atoms with van der Waals surface area (Å²) in [5.74, 6) is -0.0962. The summed E-state index contributed by atoms with van der Waals surface area (Å²) in [7, 11) is 0. The molecular formula is C70H54N2. The molecule has 72 heavy (non-hydrogen) atoms. The zero-order valence-corrected chi connectivity index (χ0v) is 40.9. The number of hydrogen-bond acceptors (Lipinski definition) is 1. The van der Waals surface area contributed by atoms with Gasteiger partial charge >= 0.3 is 0 Å². The van der Waals surface area contributed by atoms with Gasteiger partial charge in [0.1, 0.15) is 0 Å². The van der Waals surface area contributed by atoms with E-state index >= 15 is 0 Å². The summed E-state index contributed by atoms with van der Waals surface area (Å²) in [5.41, 5.74) is 24.2. The van der Waals surface area contributed by atoms with Crippen LogP contribution in [0.25, 0.3) is 72.0 Å². The summed E-state index contributed by atoms with van der Waals surface area (Å²) in [6.07, 6.45) is 0. The van der Waals surface area contributed by atoms with Crippen molar-refractivity contribution in [3.63, 3.8) is 0 Å². The van der Waals surface area contributed by atoms with Gasteiger partial charge in [-0.3, -0.25) is 0 Å². The van der Waals surface area contributed by atoms with E-state index in [1.54, 1.807) is 0 Å². The van der Waals surface area contributed by atoms with E-state index in [0.29, 0.717) is 0 Å². The second kappa shape index (κ2) is 19.1. The molecule has 0 aliphatic rings. The summed E-state index contributed by atoms with van der Waals surface area (Å²) in [5, 5.41) is 2.45. The molecule has 0 N–H and O–H groups in total. The van der Waals surface area contributed by atoms with E-state index in [0.717, 1.165) is 28.3 Å². The monoisotopic (exact) mass is 922 g/mol. The molecule has 0 saturated carbocycles. The number of nitrogens with zero attached hydrogens (tertiary/aromatic N) is 2. The number of fused-ring (bicyclic) bond motifs is 3. The van der Waals surface area contributed by atoms with Crippen LogP contribution < -0.4 is 4.90 Å². The molecule has 0 unspecified atom stereocenters. The van der Waals surface area contributed by atoms with Crippen LogP contribution in [-0.4, -0.2) is 4.57 Å². The highest BCUT2D eigenvalue weighted by atomic mass is 15.1. The first kappa shape index (κ1) is 44.2. The van der Waals surface area contributed by atoms with E-state index in [1.165, 1.54) is 94.1 Å². The predicted octanol–water partition coefficient (Wildman–Crippen LogP) is 19.0. The average molecular weight is 923 g/mol. The molecule has 344 valence electrons. The first-order valence-electron chi connectivity index (χ1n) is 25.0. The van der Waals surface area contributed by atoms with Crippen molar-refractivity contribution in [3.8, 4) is 50.2 Å². The molecule has 1 heterocycles. The van der Waals surface area contributed by atoms with Gasteiger partial charge in [-0.25, -0.2) is 0 Å². The summed E-state index contributed by atoms with van der Waals surface area (Å²) >= 11 is 0. The maximum Gasteiger partial charge on any atom is 0.0542 e. The van der Waals surface area contributed by atoms with Crippen molar-refractivity contribution in [2.24, 2.45) is 0 Å². The van der Waals surface area contributed by atoms with Crippen LogP contribution in [0.15, 0.2) is 267 Å². The molecule has 12 aromatic rings. The third-order valence-corrected chi connectivity index (χ3v) is 14.6. The Balaban J connectivity index is 1.01. The Kier molecular flexibility index (Phi) is 11.7. The van der Waals surface area contributed by atoms with E-state index in [4.69, 9.17) is 0 Å². The number of aryl methyl sites for hydroxylation is 3. The number of aromatic nitrogens is 1. The molecular weight excluding hydrogens is 869 g/mol. The molecule has 1 aromatic heterocycles. The molecule has 0 amide bonds. The van der Waals surface area contributed by atoms with Crippen LogP contribution in [0.5, 0.6) is 0 Å². The molecule has 0 atom stereocenters. The largest absolute Gasteiger partial charge is 0.310 e. The zero-order chi connectivity index (χ0) is 48.5. The van der Waals surface area contributed by atoms with Crippen molar-refractivity contribution in [2.75, 3.05) is 4.90 Å². The second-order valence-corrected chi connectivity index (χ2v) is 19.0. The van der Waals surface area contributed by atoms with E-state index < -0.39 is 0 Å². The Morgan fingerprint density at radius 3 is 1.32 bits per heavy atom. The van der Waals surface area contributed by atoms with Crippen molar-refractivity contribution in [3.05, 3.63) is 300 Å². The standard InChI is InChI=1S/C70H54N2/c1-48-22-10-13-29-57(48)60-32-16-18-35-63(60)70(64-36-19-17-33-61(64)58-30-14-11-23-49(58)2)65-44-40-52(46-66(65)59-31-15-12-24-50(59)3)51-38-41-55(42-39-51)71(53-25-6-4-7-26-53)56-43-45-69-67(47-56)62-34-20-21-37-68(62)72(69)54-27-8-5-9-28-54/h4-47,70H,1-3H3. The minimum atomic E-state index is -0.0962. The average Bonchev–Trinajstić information content (AvgIpc) is 3.76.